The van der Waals surface area contributed by atoms with Crippen molar-refractivity contribution in [3.63, 3.8) is 0 Å². The molecule has 3 aliphatic rings. The number of fused-ring (bicyclic) bond motifs is 16. The van der Waals surface area contributed by atoms with Gasteiger partial charge < -0.3 is 14.4 Å². The summed E-state index contributed by atoms with van der Waals surface area (Å²) in [5.41, 5.74) is 14.8. The molecule has 276 valence electrons. The third-order valence-corrected chi connectivity index (χ3v) is 13.7. The summed E-state index contributed by atoms with van der Waals surface area (Å²) in [7, 11) is 0. The van der Waals surface area contributed by atoms with Crippen LogP contribution in [0.1, 0.15) is 22.3 Å². The third kappa shape index (κ3) is 4.52. The molecule has 0 saturated carbocycles. The van der Waals surface area contributed by atoms with Crippen LogP contribution in [-0.4, -0.2) is 0 Å². The minimum atomic E-state index is -0.459. The van der Waals surface area contributed by atoms with Crippen molar-refractivity contribution in [2.45, 2.75) is 5.41 Å². The van der Waals surface area contributed by atoms with E-state index in [1.54, 1.807) is 0 Å². The number of thiophene rings is 1. The first-order valence-corrected chi connectivity index (χ1v) is 20.9. The summed E-state index contributed by atoms with van der Waals surface area (Å²) in [6, 6.07) is 72.0. The Morgan fingerprint density at radius 3 is 1.76 bits per heavy atom. The van der Waals surface area contributed by atoms with Crippen LogP contribution >= 0.6 is 11.3 Å². The zero-order valence-corrected chi connectivity index (χ0v) is 32.5. The molecule has 1 aromatic heterocycles. The Hall–Kier alpha value is -7.40. The lowest BCUT2D eigenvalue weighted by Gasteiger charge is -2.32. The molecule has 0 unspecified atom stereocenters. The summed E-state index contributed by atoms with van der Waals surface area (Å²) in [6.07, 6.45) is 0. The average Bonchev–Trinajstić information content (AvgIpc) is 3.93. The van der Waals surface area contributed by atoms with Gasteiger partial charge in [0.1, 0.15) is 0 Å². The van der Waals surface area contributed by atoms with Crippen LogP contribution in [0.15, 0.2) is 200 Å². The van der Waals surface area contributed by atoms with E-state index in [1.807, 2.05) is 17.4 Å². The molecule has 0 radical (unpaired) electrons. The molecule has 0 N–H and O–H groups in total. The fourth-order valence-electron chi connectivity index (χ4n) is 10.1. The number of benzene rings is 9. The van der Waals surface area contributed by atoms with Gasteiger partial charge in [0, 0.05) is 37.1 Å². The Bertz CT molecular complexity index is 3300. The molecule has 4 heteroatoms. The van der Waals surface area contributed by atoms with Crippen molar-refractivity contribution >= 4 is 48.6 Å². The van der Waals surface area contributed by atoms with Crippen LogP contribution in [-0.2, 0) is 5.41 Å². The molecule has 59 heavy (non-hydrogen) atoms. The van der Waals surface area contributed by atoms with Gasteiger partial charge in [0.15, 0.2) is 23.0 Å². The number of rotatable bonds is 4. The summed E-state index contributed by atoms with van der Waals surface area (Å²) in [5.74, 6) is 2.82. The molecule has 9 aromatic carbocycles. The van der Waals surface area contributed by atoms with Gasteiger partial charge >= 0.3 is 0 Å². The molecule has 0 saturated heterocycles. The number of para-hydroxylation sites is 2. The van der Waals surface area contributed by atoms with Gasteiger partial charge in [-0.2, -0.15) is 0 Å². The van der Waals surface area contributed by atoms with E-state index in [4.69, 9.17) is 9.47 Å². The van der Waals surface area contributed by atoms with Gasteiger partial charge in [-0.25, -0.2) is 0 Å². The number of anilines is 3. The summed E-state index contributed by atoms with van der Waals surface area (Å²) in [4.78, 5) is 2.26. The average molecular weight is 772 g/mol. The van der Waals surface area contributed by atoms with Gasteiger partial charge in [-0.15, -0.1) is 11.3 Å². The highest BCUT2D eigenvalue weighted by atomic mass is 32.1. The van der Waals surface area contributed by atoms with Crippen molar-refractivity contribution < 1.29 is 9.47 Å². The Morgan fingerprint density at radius 1 is 0.390 bits per heavy atom. The van der Waals surface area contributed by atoms with E-state index in [1.165, 1.54) is 70.2 Å². The van der Waals surface area contributed by atoms with Crippen molar-refractivity contribution in [1.82, 2.24) is 0 Å². The van der Waals surface area contributed by atoms with Crippen LogP contribution in [0.2, 0.25) is 0 Å². The highest BCUT2D eigenvalue weighted by Gasteiger charge is 2.53. The highest BCUT2D eigenvalue weighted by Crippen LogP contribution is 2.66. The summed E-state index contributed by atoms with van der Waals surface area (Å²) in [6.45, 7) is 0. The summed E-state index contributed by atoms with van der Waals surface area (Å²) < 4.78 is 16.8. The molecule has 0 fully saturated rings. The van der Waals surface area contributed by atoms with Crippen LogP contribution in [0.5, 0.6) is 23.0 Å². The zero-order chi connectivity index (χ0) is 38.7. The number of hydrogen-bond donors (Lipinski definition) is 0. The molecule has 2 heterocycles. The predicted octanol–water partition coefficient (Wildman–Crippen LogP) is 15.4. The second-order valence-corrected chi connectivity index (χ2v) is 16.6. The second-order valence-electron chi connectivity index (χ2n) is 15.5. The van der Waals surface area contributed by atoms with Crippen LogP contribution in [0.4, 0.5) is 17.1 Å². The smallest absolute Gasteiger partial charge is 0.194 e. The molecular weight excluding hydrogens is 739 g/mol. The topological polar surface area (TPSA) is 21.7 Å². The Labute approximate surface area is 345 Å². The molecule has 10 aromatic rings. The molecule has 13 rings (SSSR count). The summed E-state index contributed by atoms with van der Waals surface area (Å²) >= 11 is 1.85. The van der Waals surface area contributed by atoms with Gasteiger partial charge in [-0.1, -0.05) is 146 Å². The Balaban J connectivity index is 0.925. The normalized spacial score (nSPS) is 13.5. The van der Waals surface area contributed by atoms with E-state index in [2.05, 4.69) is 199 Å². The third-order valence-electron chi connectivity index (χ3n) is 12.6. The predicted molar refractivity (Wildman–Crippen MR) is 242 cm³/mol. The first-order chi connectivity index (χ1) is 29.3. The van der Waals surface area contributed by atoms with Crippen LogP contribution in [0, 0.1) is 0 Å². The zero-order valence-electron chi connectivity index (χ0n) is 31.7. The lowest BCUT2D eigenvalue weighted by atomic mass is 9.70. The lowest BCUT2D eigenvalue weighted by Crippen LogP contribution is -2.25. The van der Waals surface area contributed by atoms with Gasteiger partial charge in [-0.3, -0.25) is 0 Å². The molecule has 1 aliphatic heterocycles. The van der Waals surface area contributed by atoms with Gasteiger partial charge in [0.05, 0.1) is 11.1 Å². The Kier molecular flexibility index (Phi) is 6.81. The maximum Gasteiger partial charge on any atom is 0.194 e. The first-order valence-electron chi connectivity index (χ1n) is 20.1. The van der Waals surface area contributed by atoms with Crippen molar-refractivity contribution in [3.8, 4) is 56.4 Å². The van der Waals surface area contributed by atoms with E-state index < -0.39 is 5.41 Å². The van der Waals surface area contributed by atoms with Crippen LogP contribution in [0.25, 0.3) is 53.6 Å². The largest absolute Gasteiger partial charge is 0.449 e. The molecular formula is C55H33NO2S. The van der Waals surface area contributed by atoms with E-state index in [0.717, 1.165) is 28.4 Å². The monoisotopic (exact) mass is 771 g/mol. The Morgan fingerprint density at radius 2 is 0.983 bits per heavy atom. The summed E-state index contributed by atoms with van der Waals surface area (Å²) in [5, 5.41) is 2.62. The van der Waals surface area contributed by atoms with Crippen molar-refractivity contribution in [2.24, 2.45) is 0 Å². The molecule has 3 nitrogen and oxygen atoms in total. The standard InChI is InChI=1S/C55H33NO2S/c1-2-13-36(14-3-1)56(37-28-25-34(26-29-37)35-27-30-41-40-17-7-11-24-50(40)59-51(41)33-35)47-22-12-23-48-53(47)57-49-32-31-46-52(54(49)58-48)42-18-6-10-21-45(42)55(46)43-19-8-4-15-38(43)39-16-5-9-20-44(39)55/h1-33H. The highest BCUT2D eigenvalue weighted by molar-refractivity contribution is 7.25. The second kappa shape index (κ2) is 12.3. The molecule has 2 aliphatic carbocycles. The van der Waals surface area contributed by atoms with E-state index in [-0.39, 0.29) is 0 Å². The molecule has 0 bridgehead atoms. The SMILES string of the molecule is c1ccc(N(c2ccc(-c3ccc4c(c3)sc3ccccc34)cc2)c2cccc3c2Oc2ccc4c(c2O3)-c2ccccc2C42c3ccccc3-c3ccccc32)cc1. The first kappa shape index (κ1) is 32.7. The fraction of sp³-hybridized carbons (Fsp3) is 0.0182. The lowest BCUT2D eigenvalue weighted by molar-refractivity contribution is 0.361. The quantitative estimate of drug-likeness (QED) is 0.178. The van der Waals surface area contributed by atoms with Crippen LogP contribution in [0.3, 0.4) is 0 Å². The van der Waals surface area contributed by atoms with E-state index >= 15 is 0 Å². The maximum atomic E-state index is 7.10. The number of ether oxygens (including phenoxy) is 2. The van der Waals surface area contributed by atoms with Gasteiger partial charge in [-0.05, 0) is 105 Å². The van der Waals surface area contributed by atoms with E-state index in [0.29, 0.717) is 17.2 Å². The van der Waals surface area contributed by atoms with Crippen molar-refractivity contribution in [3.05, 3.63) is 222 Å². The molecule has 0 amide bonds. The fourth-order valence-corrected chi connectivity index (χ4v) is 11.3. The number of hydrogen-bond acceptors (Lipinski definition) is 4. The minimum Gasteiger partial charge on any atom is -0.449 e. The van der Waals surface area contributed by atoms with Crippen molar-refractivity contribution in [1.29, 1.82) is 0 Å². The minimum absolute atomic E-state index is 0.459. The molecule has 1 spiro atoms. The van der Waals surface area contributed by atoms with Crippen molar-refractivity contribution in [2.75, 3.05) is 4.90 Å². The molecule has 0 atom stereocenters. The number of nitrogens with zero attached hydrogens (tertiary/aromatic N) is 1. The van der Waals surface area contributed by atoms with Gasteiger partial charge in [0.25, 0.3) is 0 Å². The maximum absolute atomic E-state index is 7.10. The van der Waals surface area contributed by atoms with Crippen LogP contribution < -0.4 is 14.4 Å². The van der Waals surface area contributed by atoms with E-state index in [9.17, 15) is 0 Å². The van der Waals surface area contributed by atoms with Gasteiger partial charge in [0.2, 0.25) is 0 Å².